The average molecular weight is 425 g/mol. The molecule has 2 saturated heterocycles. The predicted molar refractivity (Wildman–Crippen MR) is 107 cm³/mol. The normalized spacial score (nSPS) is 21.6. The van der Waals surface area contributed by atoms with Crippen LogP contribution in [-0.2, 0) is 14.8 Å². The standard InChI is InChI=1S/C17H24N6O3S2/c24-15(18-16-19-17(21-20-16)22-8-2-1-3-9-22)13-6-4-10-23(12-13)28(25,26)14-7-5-11-27-14/h5,7,11,13H,1-4,6,8-10,12H2,(H2,18,19,20,21,24). The van der Waals surface area contributed by atoms with Crippen molar-refractivity contribution in [3.8, 4) is 0 Å². The number of nitrogens with one attached hydrogen (secondary N) is 2. The zero-order valence-electron chi connectivity index (χ0n) is 15.5. The van der Waals surface area contributed by atoms with Crippen molar-refractivity contribution in [2.45, 2.75) is 36.3 Å². The Morgan fingerprint density at radius 1 is 1.21 bits per heavy atom. The Morgan fingerprint density at radius 3 is 2.79 bits per heavy atom. The maximum atomic E-state index is 12.7. The first-order chi connectivity index (χ1) is 13.5. The molecule has 0 spiro atoms. The van der Waals surface area contributed by atoms with Gasteiger partial charge < -0.3 is 4.90 Å². The highest BCUT2D eigenvalue weighted by atomic mass is 32.2. The van der Waals surface area contributed by atoms with E-state index in [1.807, 2.05) is 0 Å². The summed E-state index contributed by atoms with van der Waals surface area (Å²) < 4.78 is 27.2. The summed E-state index contributed by atoms with van der Waals surface area (Å²) in [6, 6.07) is 3.32. The Hall–Kier alpha value is -1.98. The van der Waals surface area contributed by atoms with Crippen LogP contribution in [0.15, 0.2) is 21.7 Å². The number of aromatic amines is 1. The Morgan fingerprint density at radius 2 is 2.04 bits per heavy atom. The molecule has 4 rings (SSSR count). The monoisotopic (exact) mass is 424 g/mol. The quantitative estimate of drug-likeness (QED) is 0.758. The number of anilines is 2. The Bertz CT molecular complexity index is 905. The van der Waals surface area contributed by atoms with E-state index in [1.165, 1.54) is 22.1 Å². The second-order valence-electron chi connectivity index (χ2n) is 7.16. The van der Waals surface area contributed by atoms with Gasteiger partial charge in [-0.3, -0.25) is 10.1 Å². The number of hydrogen-bond donors (Lipinski definition) is 2. The fourth-order valence-corrected chi connectivity index (χ4v) is 6.34. The summed E-state index contributed by atoms with van der Waals surface area (Å²) in [5.41, 5.74) is 0. The number of carbonyl (C=O) groups excluding carboxylic acids is 1. The van der Waals surface area contributed by atoms with E-state index in [4.69, 9.17) is 0 Å². The summed E-state index contributed by atoms with van der Waals surface area (Å²) in [6.07, 6.45) is 4.75. The number of aromatic nitrogens is 3. The molecule has 4 heterocycles. The molecule has 0 radical (unpaired) electrons. The van der Waals surface area contributed by atoms with Crippen molar-refractivity contribution < 1.29 is 13.2 Å². The number of thiophene rings is 1. The molecule has 1 atom stereocenters. The average Bonchev–Trinajstić information content (AvgIpc) is 3.41. The molecule has 0 saturated carbocycles. The zero-order valence-corrected chi connectivity index (χ0v) is 17.1. The van der Waals surface area contributed by atoms with E-state index in [2.05, 4.69) is 25.4 Å². The summed E-state index contributed by atoms with van der Waals surface area (Å²) in [6.45, 7) is 2.46. The largest absolute Gasteiger partial charge is 0.340 e. The molecule has 152 valence electrons. The summed E-state index contributed by atoms with van der Waals surface area (Å²) in [5.74, 6) is 0.267. The van der Waals surface area contributed by atoms with Crippen molar-refractivity contribution in [3.63, 3.8) is 0 Å². The Kier molecular flexibility index (Phi) is 5.65. The Labute approximate surface area is 168 Å². The molecule has 2 aliphatic rings. The van der Waals surface area contributed by atoms with Crippen LogP contribution in [-0.4, -0.2) is 60.0 Å². The minimum atomic E-state index is -3.54. The first-order valence-corrected chi connectivity index (χ1v) is 11.9. The van der Waals surface area contributed by atoms with Gasteiger partial charge in [-0.15, -0.1) is 16.4 Å². The third kappa shape index (κ3) is 4.06. The van der Waals surface area contributed by atoms with Crippen LogP contribution in [0.4, 0.5) is 11.9 Å². The number of nitrogens with zero attached hydrogens (tertiary/aromatic N) is 4. The molecular formula is C17H24N6O3S2. The minimum Gasteiger partial charge on any atom is -0.340 e. The van der Waals surface area contributed by atoms with Gasteiger partial charge in [-0.1, -0.05) is 6.07 Å². The van der Waals surface area contributed by atoms with E-state index in [1.54, 1.807) is 17.5 Å². The Balaban J connectivity index is 1.39. The van der Waals surface area contributed by atoms with Crippen LogP contribution < -0.4 is 10.2 Å². The van der Waals surface area contributed by atoms with E-state index < -0.39 is 15.9 Å². The van der Waals surface area contributed by atoms with Crippen LogP contribution >= 0.6 is 11.3 Å². The van der Waals surface area contributed by atoms with Crippen LogP contribution in [0.3, 0.4) is 0 Å². The number of sulfonamides is 1. The highest BCUT2D eigenvalue weighted by molar-refractivity contribution is 7.91. The molecule has 9 nitrogen and oxygen atoms in total. The van der Waals surface area contributed by atoms with Crippen molar-refractivity contribution in [3.05, 3.63) is 17.5 Å². The van der Waals surface area contributed by atoms with Gasteiger partial charge in [0.1, 0.15) is 4.21 Å². The van der Waals surface area contributed by atoms with Crippen LogP contribution in [0.5, 0.6) is 0 Å². The van der Waals surface area contributed by atoms with Gasteiger partial charge in [0.05, 0.1) is 5.92 Å². The van der Waals surface area contributed by atoms with Gasteiger partial charge in [0.25, 0.3) is 10.0 Å². The van der Waals surface area contributed by atoms with Gasteiger partial charge in [-0.25, -0.2) is 13.5 Å². The number of amides is 1. The molecule has 0 aliphatic carbocycles. The number of rotatable bonds is 5. The molecule has 2 aromatic rings. The minimum absolute atomic E-state index is 0.180. The molecule has 0 bridgehead atoms. The molecule has 2 N–H and O–H groups in total. The van der Waals surface area contributed by atoms with Gasteiger partial charge in [-0.05, 0) is 43.6 Å². The lowest BCUT2D eigenvalue weighted by Crippen LogP contribution is -2.43. The molecular weight excluding hydrogens is 400 g/mol. The number of hydrogen-bond acceptors (Lipinski definition) is 7. The SMILES string of the molecule is O=C(Nc1nc(N2CCCCC2)n[nH]1)C1CCCN(S(=O)(=O)c2cccs2)C1. The highest BCUT2D eigenvalue weighted by Gasteiger charge is 2.34. The van der Waals surface area contributed by atoms with E-state index in [-0.39, 0.29) is 12.5 Å². The maximum Gasteiger partial charge on any atom is 0.252 e. The van der Waals surface area contributed by atoms with Gasteiger partial charge in [-0.2, -0.15) is 9.29 Å². The lowest BCUT2D eigenvalue weighted by atomic mass is 9.99. The van der Waals surface area contributed by atoms with Gasteiger partial charge in [0, 0.05) is 26.2 Å². The second-order valence-corrected chi connectivity index (χ2v) is 10.3. The van der Waals surface area contributed by atoms with E-state index >= 15 is 0 Å². The molecule has 11 heteroatoms. The van der Waals surface area contributed by atoms with Gasteiger partial charge in [0.2, 0.25) is 17.8 Å². The van der Waals surface area contributed by atoms with Crippen molar-refractivity contribution >= 4 is 39.2 Å². The first kappa shape index (κ1) is 19.3. The summed E-state index contributed by atoms with van der Waals surface area (Å²) in [4.78, 5) is 19.2. The number of piperidine rings is 2. The fraction of sp³-hybridized carbons (Fsp3) is 0.588. The van der Waals surface area contributed by atoms with Crippen LogP contribution in [0.25, 0.3) is 0 Å². The third-order valence-corrected chi connectivity index (χ3v) is 8.44. The number of carbonyl (C=O) groups is 1. The van der Waals surface area contributed by atoms with E-state index in [0.717, 1.165) is 25.9 Å². The van der Waals surface area contributed by atoms with E-state index in [0.29, 0.717) is 35.5 Å². The predicted octanol–water partition coefficient (Wildman–Crippen LogP) is 1.90. The second kappa shape index (κ2) is 8.18. The van der Waals surface area contributed by atoms with Gasteiger partial charge >= 0.3 is 0 Å². The van der Waals surface area contributed by atoms with Crippen molar-refractivity contribution in [1.29, 1.82) is 0 Å². The smallest absolute Gasteiger partial charge is 0.252 e. The van der Waals surface area contributed by atoms with Crippen molar-refractivity contribution in [2.75, 3.05) is 36.4 Å². The van der Waals surface area contributed by atoms with Crippen molar-refractivity contribution in [2.24, 2.45) is 5.92 Å². The topological polar surface area (TPSA) is 111 Å². The molecule has 0 aromatic carbocycles. The lowest BCUT2D eigenvalue weighted by Gasteiger charge is -2.30. The summed E-state index contributed by atoms with van der Waals surface area (Å²) >= 11 is 1.19. The summed E-state index contributed by atoms with van der Waals surface area (Å²) in [5, 5.41) is 11.5. The van der Waals surface area contributed by atoms with Crippen LogP contribution in [0.2, 0.25) is 0 Å². The highest BCUT2D eigenvalue weighted by Crippen LogP contribution is 2.27. The van der Waals surface area contributed by atoms with Crippen LogP contribution in [0, 0.1) is 5.92 Å². The summed E-state index contributed by atoms with van der Waals surface area (Å²) in [7, 11) is -3.54. The van der Waals surface area contributed by atoms with Gasteiger partial charge in [0.15, 0.2) is 0 Å². The first-order valence-electron chi connectivity index (χ1n) is 9.56. The van der Waals surface area contributed by atoms with E-state index in [9.17, 15) is 13.2 Å². The number of H-pyrrole nitrogens is 1. The lowest BCUT2D eigenvalue weighted by molar-refractivity contribution is -0.120. The molecule has 2 fully saturated rings. The molecule has 28 heavy (non-hydrogen) atoms. The molecule has 1 amide bonds. The van der Waals surface area contributed by atoms with Crippen molar-refractivity contribution in [1.82, 2.24) is 19.5 Å². The third-order valence-electron chi connectivity index (χ3n) is 5.20. The molecule has 2 aliphatic heterocycles. The van der Waals surface area contributed by atoms with Crippen LogP contribution in [0.1, 0.15) is 32.1 Å². The zero-order chi connectivity index (χ0) is 19.6. The molecule has 1 unspecified atom stereocenters. The maximum absolute atomic E-state index is 12.7. The fourth-order valence-electron chi connectivity index (χ4n) is 3.68. The molecule has 2 aromatic heterocycles.